The van der Waals surface area contributed by atoms with E-state index in [-0.39, 0.29) is 18.0 Å². The van der Waals surface area contributed by atoms with Crippen LogP contribution in [-0.4, -0.2) is 38.4 Å². The van der Waals surface area contributed by atoms with Gasteiger partial charge in [0.05, 0.1) is 11.3 Å². The molecule has 0 fully saturated rings. The van der Waals surface area contributed by atoms with Gasteiger partial charge in [-0.1, -0.05) is 24.3 Å². The molecule has 0 bridgehead atoms. The number of alkyl halides is 3. The molecule has 4 aromatic rings. The summed E-state index contributed by atoms with van der Waals surface area (Å²) in [6.07, 6.45) is 1.63. The Hall–Kier alpha value is -4.21. The zero-order valence-corrected chi connectivity index (χ0v) is 17.2. The third-order valence-corrected chi connectivity index (χ3v) is 4.58. The van der Waals surface area contributed by atoms with E-state index >= 15 is 0 Å². The molecule has 7 nitrogen and oxygen atoms in total. The molecule has 33 heavy (non-hydrogen) atoms. The maximum Gasteiger partial charge on any atom is 0.422 e. The number of carbonyl (C=O) groups is 1. The van der Waals surface area contributed by atoms with Crippen molar-refractivity contribution in [2.75, 3.05) is 6.61 Å². The lowest BCUT2D eigenvalue weighted by molar-refractivity contribution is -0.154. The molecule has 1 aromatic carbocycles. The van der Waals surface area contributed by atoms with Crippen molar-refractivity contribution in [3.63, 3.8) is 0 Å². The molecule has 0 aliphatic carbocycles. The fourth-order valence-electron chi connectivity index (χ4n) is 3.08. The van der Waals surface area contributed by atoms with Crippen LogP contribution in [0.15, 0.2) is 79.4 Å². The van der Waals surface area contributed by atoms with E-state index in [1.165, 1.54) is 12.3 Å². The minimum Gasteiger partial charge on any atom is -0.468 e. The smallest absolute Gasteiger partial charge is 0.422 e. The topological polar surface area (TPSA) is 81.9 Å². The van der Waals surface area contributed by atoms with E-state index in [0.717, 1.165) is 5.69 Å². The fraction of sp³-hybridized carbons (Fsp3) is 0.130. The van der Waals surface area contributed by atoms with Crippen LogP contribution in [0.4, 0.5) is 13.2 Å². The second kappa shape index (κ2) is 9.51. The number of halogens is 3. The number of ether oxygens (including phenoxy) is 1. The van der Waals surface area contributed by atoms with Gasteiger partial charge < -0.3 is 10.1 Å². The number of pyridine rings is 2. The molecule has 3 heterocycles. The Bertz CT molecular complexity index is 1230. The van der Waals surface area contributed by atoms with Crippen LogP contribution in [0, 0.1) is 0 Å². The van der Waals surface area contributed by atoms with Crippen LogP contribution in [0.25, 0.3) is 16.9 Å². The Balaban J connectivity index is 1.58. The first-order valence-electron chi connectivity index (χ1n) is 9.88. The second-order valence-corrected chi connectivity index (χ2v) is 6.97. The Morgan fingerprint density at radius 3 is 2.55 bits per heavy atom. The molecule has 1 N–H and O–H groups in total. The van der Waals surface area contributed by atoms with Crippen molar-refractivity contribution in [3.8, 4) is 22.8 Å². The van der Waals surface area contributed by atoms with Gasteiger partial charge >= 0.3 is 6.18 Å². The molecule has 0 atom stereocenters. The van der Waals surface area contributed by atoms with Crippen molar-refractivity contribution in [1.29, 1.82) is 0 Å². The lowest BCUT2D eigenvalue weighted by Crippen LogP contribution is -2.24. The summed E-state index contributed by atoms with van der Waals surface area (Å²) in [6, 6.07) is 15.9. The number of benzene rings is 1. The van der Waals surface area contributed by atoms with Crippen LogP contribution in [0.2, 0.25) is 0 Å². The van der Waals surface area contributed by atoms with Crippen molar-refractivity contribution < 1.29 is 22.7 Å². The van der Waals surface area contributed by atoms with E-state index in [9.17, 15) is 18.0 Å². The average Bonchev–Trinajstić information content (AvgIpc) is 3.28. The molecule has 10 heteroatoms. The van der Waals surface area contributed by atoms with Crippen molar-refractivity contribution in [1.82, 2.24) is 25.1 Å². The quantitative estimate of drug-likeness (QED) is 0.454. The molecule has 0 unspecified atom stereocenters. The molecule has 0 spiro atoms. The average molecular weight is 453 g/mol. The molecule has 3 aromatic heterocycles. The van der Waals surface area contributed by atoms with E-state index in [1.807, 2.05) is 30.3 Å². The first-order valence-corrected chi connectivity index (χ1v) is 9.88. The van der Waals surface area contributed by atoms with Gasteiger partial charge in [0, 0.05) is 42.5 Å². The summed E-state index contributed by atoms with van der Waals surface area (Å²) in [5, 5.41) is 7.27. The Kier molecular flexibility index (Phi) is 6.34. The van der Waals surface area contributed by atoms with Crippen LogP contribution in [-0.2, 0) is 6.54 Å². The van der Waals surface area contributed by atoms with Crippen molar-refractivity contribution >= 4 is 5.91 Å². The van der Waals surface area contributed by atoms with E-state index in [1.54, 1.807) is 41.5 Å². The molecule has 4 rings (SSSR count). The lowest BCUT2D eigenvalue weighted by Gasteiger charge is -2.12. The van der Waals surface area contributed by atoms with E-state index in [2.05, 4.69) is 20.4 Å². The highest BCUT2D eigenvalue weighted by Crippen LogP contribution is 2.24. The van der Waals surface area contributed by atoms with Crippen molar-refractivity contribution in [2.45, 2.75) is 12.7 Å². The number of nitrogens with one attached hydrogen (secondary N) is 1. The van der Waals surface area contributed by atoms with Crippen LogP contribution in [0.3, 0.4) is 0 Å². The number of amides is 1. The summed E-state index contributed by atoms with van der Waals surface area (Å²) < 4.78 is 43.9. The van der Waals surface area contributed by atoms with Crippen LogP contribution in [0.1, 0.15) is 15.9 Å². The number of rotatable bonds is 7. The minimum atomic E-state index is -4.50. The van der Waals surface area contributed by atoms with Gasteiger partial charge in [0.1, 0.15) is 5.69 Å². The number of aromatic nitrogens is 4. The van der Waals surface area contributed by atoms with Gasteiger partial charge in [-0.25, -0.2) is 9.67 Å². The Morgan fingerprint density at radius 2 is 1.82 bits per heavy atom. The number of hydrogen-bond acceptors (Lipinski definition) is 5. The normalized spacial score (nSPS) is 11.2. The highest BCUT2D eigenvalue weighted by molar-refractivity contribution is 5.99. The van der Waals surface area contributed by atoms with E-state index in [4.69, 9.17) is 4.74 Å². The van der Waals surface area contributed by atoms with Crippen LogP contribution >= 0.6 is 0 Å². The van der Waals surface area contributed by atoms with Gasteiger partial charge in [-0.3, -0.25) is 9.78 Å². The largest absolute Gasteiger partial charge is 0.468 e. The summed E-state index contributed by atoms with van der Waals surface area (Å²) in [5.41, 5.74) is 2.43. The van der Waals surface area contributed by atoms with Gasteiger partial charge in [0.15, 0.2) is 6.61 Å². The number of para-hydroxylation sites is 1. The minimum absolute atomic E-state index is 0.0805. The zero-order valence-electron chi connectivity index (χ0n) is 17.2. The highest BCUT2D eigenvalue weighted by Gasteiger charge is 2.29. The summed E-state index contributed by atoms with van der Waals surface area (Å²) in [6.45, 7) is -1.55. The van der Waals surface area contributed by atoms with Gasteiger partial charge in [-0.15, -0.1) is 0 Å². The number of carbonyl (C=O) groups excluding carboxylic acids is 1. The van der Waals surface area contributed by atoms with Gasteiger partial charge in [0.2, 0.25) is 5.88 Å². The second-order valence-electron chi connectivity index (χ2n) is 6.97. The summed E-state index contributed by atoms with van der Waals surface area (Å²) >= 11 is 0. The predicted octanol–water partition coefficient (Wildman–Crippen LogP) is 4.20. The summed E-state index contributed by atoms with van der Waals surface area (Å²) in [4.78, 5) is 21.0. The third-order valence-electron chi connectivity index (χ3n) is 4.58. The molecular formula is C23H18F3N5O2. The fourth-order valence-corrected chi connectivity index (χ4v) is 3.08. The number of hydrogen-bond donors (Lipinski definition) is 1. The molecule has 0 radical (unpaired) electrons. The van der Waals surface area contributed by atoms with E-state index < -0.39 is 18.7 Å². The third kappa shape index (κ3) is 5.53. The van der Waals surface area contributed by atoms with Crippen LogP contribution in [0.5, 0.6) is 5.88 Å². The lowest BCUT2D eigenvalue weighted by atomic mass is 10.1. The maximum absolute atomic E-state index is 13.1. The highest BCUT2D eigenvalue weighted by atomic mass is 19.4. The Morgan fingerprint density at radius 1 is 1.03 bits per heavy atom. The maximum atomic E-state index is 13.1. The van der Waals surface area contributed by atoms with Crippen molar-refractivity contribution in [2.24, 2.45) is 0 Å². The van der Waals surface area contributed by atoms with E-state index in [0.29, 0.717) is 16.8 Å². The molecule has 168 valence electrons. The predicted molar refractivity (Wildman–Crippen MR) is 114 cm³/mol. The molecule has 0 aliphatic heterocycles. The summed E-state index contributed by atoms with van der Waals surface area (Å²) in [5.74, 6) is -0.649. The summed E-state index contributed by atoms with van der Waals surface area (Å²) in [7, 11) is 0. The molecule has 0 saturated carbocycles. The zero-order chi connectivity index (χ0) is 23.3. The SMILES string of the molecule is O=C(NCc1cccnc1OCC(F)(F)F)c1cn(-c2ccccc2)nc1-c1cccnc1. The monoisotopic (exact) mass is 453 g/mol. The molecule has 0 saturated heterocycles. The molecule has 0 aliphatic rings. The first kappa shape index (κ1) is 22.0. The first-order chi connectivity index (χ1) is 15.9. The molecular weight excluding hydrogens is 435 g/mol. The standard InChI is InChI=1S/C23H18F3N5O2/c24-23(25,26)15-33-22-17(7-5-11-28-22)13-29-21(32)19-14-31(18-8-2-1-3-9-18)30-20(19)16-6-4-10-27-12-16/h1-12,14H,13,15H2,(H,29,32). The van der Waals surface area contributed by atoms with Gasteiger partial charge in [0.25, 0.3) is 5.91 Å². The molecule has 1 amide bonds. The number of nitrogens with zero attached hydrogens (tertiary/aromatic N) is 4. The Labute approximate surface area is 186 Å². The van der Waals surface area contributed by atoms with Gasteiger partial charge in [-0.05, 0) is 30.3 Å². The van der Waals surface area contributed by atoms with Crippen molar-refractivity contribution in [3.05, 3.63) is 90.5 Å². The van der Waals surface area contributed by atoms with Crippen LogP contribution < -0.4 is 10.1 Å². The van der Waals surface area contributed by atoms with Gasteiger partial charge in [-0.2, -0.15) is 18.3 Å².